The molecule has 10 heteroatoms. The second-order valence-corrected chi connectivity index (χ2v) is 10.5. The molecule has 2 aromatic rings. The molecule has 0 saturated heterocycles. The van der Waals surface area contributed by atoms with Gasteiger partial charge in [-0.2, -0.15) is 8.78 Å². The maximum absolute atomic E-state index is 14.9. The summed E-state index contributed by atoms with van der Waals surface area (Å²) in [7, 11) is 0. The molecule has 2 nitrogen and oxygen atoms in total. The van der Waals surface area contributed by atoms with E-state index in [1.54, 1.807) is 6.92 Å². The first-order valence-electron chi connectivity index (χ1n) is 14.0. The Morgan fingerprint density at radius 2 is 1.10 bits per heavy atom. The highest BCUT2D eigenvalue weighted by molar-refractivity contribution is 5.76. The van der Waals surface area contributed by atoms with Crippen LogP contribution in [0.25, 0.3) is 11.1 Å². The highest BCUT2D eigenvalue weighted by Gasteiger charge is 2.36. The van der Waals surface area contributed by atoms with E-state index in [2.05, 4.69) is 6.92 Å². The van der Waals surface area contributed by atoms with Crippen LogP contribution in [0.4, 0.5) is 35.1 Å². The average Bonchev–Trinajstić information content (AvgIpc) is 2.95. The van der Waals surface area contributed by atoms with Crippen LogP contribution >= 0.6 is 0 Å². The third kappa shape index (κ3) is 6.79. The van der Waals surface area contributed by atoms with Crippen LogP contribution in [0.1, 0.15) is 96.5 Å². The Bertz CT molecular complexity index is 1150. The van der Waals surface area contributed by atoms with Crippen molar-refractivity contribution in [2.45, 2.75) is 97.3 Å². The first kappa shape index (κ1) is 31.9. The fourth-order valence-electron chi connectivity index (χ4n) is 5.30. The summed E-state index contributed by atoms with van der Waals surface area (Å²) in [5.74, 6) is -20.6. The van der Waals surface area contributed by atoms with Crippen molar-refractivity contribution >= 4 is 5.97 Å². The van der Waals surface area contributed by atoms with Gasteiger partial charge in [0.15, 0.2) is 34.9 Å². The van der Waals surface area contributed by atoms with Crippen LogP contribution in [0, 0.1) is 58.4 Å². The van der Waals surface area contributed by atoms with E-state index in [-0.39, 0.29) is 6.42 Å². The van der Waals surface area contributed by atoms with E-state index < -0.39 is 87.3 Å². The summed E-state index contributed by atoms with van der Waals surface area (Å²) in [5, 5.41) is 0. The lowest BCUT2D eigenvalue weighted by Gasteiger charge is -2.27. The molecule has 1 fully saturated rings. The van der Waals surface area contributed by atoms with Gasteiger partial charge in [-0.1, -0.05) is 58.8 Å². The van der Waals surface area contributed by atoms with Crippen molar-refractivity contribution < 1.29 is 44.7 Å². The number of carbonyl (C=O) groups is 1. The van der Waals surface area contributed by atoms with E-state index in [4.69, 9.17) is 4.74 Å². The number of rotatable bonds is 12. The Balaban J connectivity index is 1.81. The van der Waals surface area contributed by atoms with Gasteiger partial charge in [-0.3, -0.25) is 4.79 Å². The standard InChI is InChI=1S/C30H34F8O2/c1-3-5-7-8-9-10-16-12-14-17(15-13-16)30(39)40-29-27(37)25(35)20(26(36)28(29)38)19-23(33)21(31)18(11-6-4-2)22(32)24(19)34/h16-17H,3-15H2,1-2H3. The van der Waals surface area contributed by atoms with Crippen LogP contribution in [-0.2, 0) is 11.2 Å². The summed E-state index contributed by atoms with van der Waals surface area (Å²) in [5.41, 5.74) is -4.91. The van der Waals surface area contributed by atoms with Crippen molar-refractivity contribution in [1.82, 2.24) is 0 Å². The molecule has 0 bridgehead atoms. The number of hydrogen-bond acceptors (Lipinski definition) is 2. The van der Waals surface area contributed by atoms with Crippen molar-refractivity contribution in [3.8, 4) is 16.9 Å². The number of hydrogen-bond donors (Lipinski definition) is 0. The van der Waals surface area contributed by atoms with Gasteiger partial charge in [0.25, 0.3) is 0 Å². The molecule has 1 aliphatic rings. The van der Waals surface area contributed by atoms with Gasteiger partial charge in [0, 0.05) is 5.56 Å². The summed E-state index contributed by atoms with van der Waals surface area (Å²) in [6, 6.07) is 0. The van der Waals surface area contributed by atoms with Crippen molar-refractivity contribution in [2.24, 2.45) is 11.8 Å². The molecule has 222 valence electrons. The molecule has 0 aliphatic heterocycles. The van der Waals surface area contributed by atoms with E-state index in [0.29, 0.717) is 38.0 Å². The molecule has 0 spiro atoms. The quantitative estimate of drug-likeness (QED) is 0.0824. The molecule has 0 amide bonds. The molecular formula is C30H34F8O2. The van der Waals surface area contributed by atoms with Gasteiger partial charge in [-0.15, -0.1) is 0 Å². The van der Waals surface area contributed by atoms with Gasteiger partial charge in [-0.25, -0.2) is 26.3 Å². The van der Waals surface area contributed by atoms with E-state index in [1.807, 2.05) is 0 Å². The minimum absolute atomic E-state index is 0.152. The van der Waals surface area contributed by atoms with Gasteiger partial charge in [-0.05, 0) is 44.4 Å². The van der Waals surface area contributed by atoms with Crippen LogP contribution in [0.15, 0.2) is 0 Å². The summed E-state index contributed by atoms with van der Waals surface area (Å²) < 4.78 is 123. The number of esters is 1. The second kappa shape index (κ2) is 14.3. The first-order valence-corrected chi connectivity index (χ1v) is 14.0. The minimum atomic E-state index is -2.36. The Kier molecular flexibility index (Phi) is 11.4. The average molecular weight is 579 g/mol. The topological polar surface area (TPSA) is 26.3 Å². The summed E-state index contributed by atoms with van der Waals surface area (Å²) in [6.07, 6.45) is 8.93. The van der Waals surface area contributed by atoms with Crippen LogP contribution in [-0.4, -0.2) is 5.97 Å². The molecular weight excluding hydrogens is 544 g/mol. The molecule has 0 heterocycles. The first-order chi connectivity index (χ1) is 19.0. The zero-order valence-corrected chi connectivity index (χ0v) is 22.7. The van der Waals surface area contributed by atoms with Gasteiger partial charge >= 0.3 is 5.97 Å². The number of ether oxygens (including phenoxy) is 1. The Morgan fingerprint density at radius 3 is 1.60 bits per heavy atom. The van der Waals surface area contributed by atoms with Gasteiger partial charge in [0.2, 0.25) is 17.4 Å². The van der Waals surface area contributed by atoms with Crippen molar-refractivity contribution in [2.75, 3.05) is 0 Å². The van der Waals surface area contributed by atoms with E-state index in [9.17, 15) is 39.9 Å². The Labute approximate surface area is 229 Å². The molecule has 3 rings (SSSR count). The third-order valence-electron chi connectivity index (χ3n) is 7.71. The van der Waals surface area contributed by atoms with E-state index in [0.717, 1.165) is 32.1 Å². The van der Waals surface area contributed by atoms with E-state index >= 15 is 0 Å². The van der Waals surface area contributed by atoms with Gasteiger partial charge < -0.3 is 4.74 Å². The summed E-state index contributed by atoms with van der Waals surface area (Å²) in [4.78, 5) is 12.6. The maximum atomic E-state index is 14.9. The molecule has 0 aromatic heterocycles. The van der Waals surface area contributed by atoms with Crippen LogP contribution < -0.4 is 4.74 Å². The fraction of sp³-hybridized carbons (Fsp3) is 0.567. The van der Waals surface area contributed by atoms with Crippen LogP contribution in [0.3, 0.4) is 0 Å². The van der Waals surface area contributed by atoms with E-state index in [1.165, 1.54) is 6.42 Å². The SMILES string of the molecule is CCCCCCCC1CCC(C(=O)Oc2c(F)c(F)c(-c3c(F)c(F)c(CCCC)c(F)c3F)c(F)c2F)CC1. The molecule has 0 atom stereocenters. The highest BCUT2D eigenvalue weighted by atomic mass is 19.2. The summed E-state index contributed by atoms with van der Waals surface area (Å²) >= 11 is 0. The predicted molar refractivity (Wildman–Crippen MR) is 135 cm³/mol. The highest BCUT2D eigenvalue weighted by Crippen LogP contribution is 2.41. The monoisotopic (exact) mass is 578 g/mol. The molecule has 0 N–H and O–H groups in total. The molecule has 1 aliphatic carbocycles. The Hall–Kier alpha value is -2.65. The largest absolute Gasteiger partial charge is 0.420 e. The number of unbranched alkanes of at least 4 members (excludes halogenated alkanes) is 5. The lowest BCUT2D eigenvalue weighted by Crippen LogP contribution is -2.26. The van der Waals surface area contributed by atoms with Crippen molar-refractivity contribution in [1.29, 1.82) is 0 Å². The maximum Gasteiger partial charge on any atom is 0.314 e. The fourth-order valence-corrected chi connectivity index (χ4v) is 5.30. The zero-order chi connectivity index (χ0) is 29.6. The normalized spacial score (nSPS) is 17.4. The molecule has 0 unspecified atom stereocenters. The minimum Gasteiger partial charge on any atom is -0.420 e. The second-order valence-electron chi connectivity index (χ2n) is 10.5. The lowest BCUT2D eigenvalue weighted by molar-refractivity contribution is -0.140. The van der Waals surface area contributed by atoms with Gasteiger partial charge in [0.1, 0.15) is 0 Å². The third-order valence-corrected chi connectivity index (χ3v) is 7.71. The molecule has 1 saturated carbocycles. The molecule has 40 heavy (non-hydrogen) atoms. The smallest absolute Gasteiger partial charge is 0.314 e. The molecule has 2 aromatic carbocycles. The van der Waals surface area contributed by atoms with Crippen molar-refractivity contribution in [3.05, 3.63) is 52.1 Å². The van der Waals surface area contributed by atoms with Gasteiger partial charge in [0.05, 0.1) is 17.0 Å². The summed E-state index contributed by atoms with van der Waals surface area (Å²) in [6.45, 7) is 3.78. The Morgan fingerprint density at radius 1 is 0.625 bits per heavy atom. The number of benzene rings is 2. The molecule has 0 radical (unpaired) electrons. The van der Waals surface area contributed by atoms with Crippen LogP contribution in [0.5, 0.6) is 5.75 Å². The zero-order valence-electron chi connectivity index (χ0n) is 22.7. The number of carbonyl (C=O) groups excluding carboxylic acids is 1. The number of halogens is 8. The predicted octanol–water partition coefficient (Wildman–Crippen LogP) is 9.88. The van der Waals surface area contributed by atoms with Crippen LogP contribution in [0.2, 0.25) is 0 Å². The van der Waals surface area contributed by atoms with Crippen molar-refractivity contribution in [3.63, 3.8) is 0 Å². The lowest BCUT2D eigenvalue weighted by atomic mass is 9.80.